The lowest BCUT2D eigenvalue weighted by Gasteiger charge is -2.14. The Morgan fingerprint density at radius 2 is 1.78 bits per heavy atom. The maximum atomic E-state index is 13.0. The van der Waals surface area contributed by atoms with E-state index in [9.17, 15) is 14.0 Å². The number of methoxy groups -OCH3 is 1. The minimum atomic E-state index is -0.429. The van der Waals surface area contributed by atoms with Gasteiger partial charge in [0.15, 0.2) is 11.5 Å². The summed E-state index contributed by atoms with van der Waals surface area (Å²) in [7, 11) is 1.50. The summed E-state index contributed by atoms with van der Waals surface area (Å²) < 4.78 is 30.6. The zero-order valence-electron chi connectivity index (χ0n) is 19.3. The fourth-order valence-corrected chi connectivity index (χ4v) is 5.10. The molecule has 3 aromatic carbocycles. The van der Waals surface area contributed by atoms with Gasteiger partial charge >= 0.3 is 0 Å². The summed E-state index contributed by atoms with van der Waals surface area (Å²) in [4.78, 5) is 26.7. The number of halogens is 4. The summed E-state index contributed by atoms with van der Waals surface area (Å²) in [6.07, 6.45) is 1.61. The third kappa shape index (κ3) is 6.78. The van der Waals surface area contributed by atoms with Crippen LogP contribution in [0, 0.1) is 5.82 Å². The number of ether oxygens (including phenoxy) is 3. The first-order chi connectivity index (χ1) is 17.7. The third-order valence-electron chi connectivity index (χ3n) is 5.24. The number of thioether (sulfide) groups is 1. The molecule has 1 aliphatic heterocycles. The van der Waals surface area contributed by atoms with Crippen LogP contribution in [0.25, 0.3) is 6.08 Å². The maximum Gasteiger partial charge on any atom is 0.293 e. The molecule has 0 saturated carbocycles. The average molecular weight is 627 g/mol. The number of hydrogen-bond donors (Lipinski definition) is 0. The molecule has 0 spiro atoms. The number of carbonyl (C=O) groups excluding carboxylic acids is 2. The van der Waals surface area contributed by atoms with Crippen molar-refractivity contribution in [2.24, 2.45) is 0 Å². The monoisotopic (exact) mass is 625 g/mol. The van der Waals surface area contributed by atoms with Crippen LogP contribution >= 0.6 is 50.9 Å². The third-order valence-corrected chi connectivity index (χ3v) is 7.42. The van der Waals surface area contributed by atoms with Gasteiger partial charge in [-0.15, -0.1) is 0 Å². The van der Waals surface area contributed by atoms with Gasteiger partial charge in [-0.05, 0) is 71.9 Å². The number of imide groups is 1. The van der Waals surface area contributed by atoms with Gasteiger partial charge in [0.1, 0.15) is 24.8 Å². The summed E-state index contributed by atoms with van der Waals surface area (Å²) in [6, 6.07) is 14.1. The van der Waals surface area contributed by atoms with Crippen molar-refractivity contribution >= 4 is 68.1 Å². The maximum absolute atomic E-state index is 13.0. The van der Waals surface area contributed by atoms with E-state index in [-0.39, 0.29) is 30.5 Å². The van der Waals surface area contributed by atoms with Crippen LogP contribution in [-0.2, 0) is 11.4 Å². The first-order valence-electron chi connectivity index (χ1n) is 10.8. The van der Waals surface area contributed by atoms with Crippen LogP contribution in [-0.4, -0.2) is 36.3 Å². The van der Waals surface area contributed by atoms with Crippen LogP contribution in [0.1, 0.15) is 11.1 Å². The Hall–Kier alpha value is -2.72. The Morgan fingerprint density at radius 1 is 1.03 bits per heavy atom. The molecule has 6 nitrogen and oxygen atoms in total. The zero-order chi connectivity index (χ0) is 26.5. The van der Waals surface area contributed by atoms with Crippen molar-refractivity contribution in [3.8, 4) is 17.2 Å². The van der Waals surface area contributed by atoms with E-state index >= 15 is 0 Å². The second kappa shape index (κ2) is 12.2. The molecule has 192 valence electrons. The molecule has 0 unspecified atom stereocenters. The van der Waals surface area contributed by atoms with Crippen molar-refractivity contribution in [2.75, 3.05) is 20.3 Å². The highest BCUT2D eigenvalue weighted by atomic mass is 79.9. The van der Waals surface area contributed by atoms with Crippen molar-refractivity contribution in [1.29, 1.82) is 0 Å². The van der Waals surface area contributed by atoms with Gasteiger partial charge in [-0.3, -0.25) is 14.5 Å². The smallest absolute Gasteiger partial charge is 0.293 e. The number of carbonyl (C=O) groups is 2. The first-order valence-corrected chi connectivity index (χ1v) is 13.2. The fraction of sp³-hybridized carbons (Fsp3) is 0.154. The number of hydrogen-bond acceptors (Lipinski definition) is 6. The molecular formula is C26H19BrCl2FNO5S. The molecule has 1 heterocycles. The van der Waals surface area contributed by atoms with Crippen LogP contribution in [0.15, 0.2) is 64.0 Å². The van der Waals surface area contributed by atoms with Crippen molar-refractivity contribution in [1.82, 2.24) is 4.90 Å². The summed E-state index contributed by atoms with van der Waals surface area (Å²) in [5.74, 6) is 0.536. The van der Waals surface area contributed by atoms with E-state index in [1.54, 1.807) is 36.4 Å². The lowest BCUT2D eigenvalue weighted by atomic mass is 10.1. The Kier molecular flexibility index (Phi) is 9.02. The van der Waals surface area contributed by atoms with E-state index < -0.39 is 11.1 Å². The van der Waals surface area contributed by atoms with Crippen LogP contribution in [0.4, 0.5) is 9.18 Å². The highest BCUT2D eigenvalue weighted by molar-refractivity contribution is 9.10. The molecule has 0 N–H and O–H groups in total. The fourth-order valence-electron chi connectivity index (χ4n) is 3.35. The molecule has 1 saturated heterocycles. The highest BCUT2D eigenvalue weighted by Crippen LogP contribution is 2.38. The van der Waals surface area contributed by atoms with Crippen molar-refractivity contribution in [3.63, 3.8) is 0 Å². The Morgan fingerprint density at radius 3 is 2.49 bits per heavy atom. The van der Waals surface area contributed by atoms with Gasteiger partial charge < -0.3 is 14.2 Å². The molecule has 1 aliphatic rings. The van der Waals surface area contributed by atoms with Crippen molar-refractivity contribution in [3.05, 3.63) is 91.0 Å². The van der Waals surface area contributed by atoms with Gasteiger partial charge in [0, 0.05) is 20.1 Å². The topological polar surface area (TPSA) is 65.1 Å². The predicted molar refractivity (Wildman–Crippen MR) is 146 cm³/mol. The molecular weight excluding hydrogens is 608 g/mol. The minimum absolute atomic E-state index is 0.0594. The summed E-state index contributed by atoms with van der Waals surface area (Å²) >= 11 is 16.5. The van der Waals surface area contributed by atoms with E-state index in [4.69, 9.17) is 37.4 Å². The molecule has 0 radical (unpaired) electrons. The number of benzene rings is 3. The van der Waals surface area contributed by atoms with E-state index in [2.05, 4.69) is 15.9 Å². The Bertz CT molecular complexity index is 1370. The summed E-state index contributed by atoms with van der Waals surface area (Å²) in [5.41, 5.74) is 1.38. The van der Waals surface area contributed by atoms with E-state index in [1.807, 2.05) is 0 Å². The predicted octanol–water partition coefficient (Wildman–Crippen LogP) is 7.60. The second-order valence-corrected chi connectivity index (χ2v) is 10.4. The molecule has 0 bridgehead atoms. The molecule has 0 aliphatic carbocycles. The zero-order valence-corrected chi connectivity index (χ0v) is 23.2. The molecule has 3 aromatic rings. The van der Waals surface area contributed by atoms with Gasteiger partial charge in [0.05, 0.1) is 18.6 Å². The molecule has 11 heteroatoms. The first kappa shape index (κ1) is 27.3. The van der Waals surface area contributed by atoms with Crippen molar-refractivity contribution in [2.45, 2.75) is 6.61 Å². The van der Waals surface area contributed by atoms with E-state index in [1.165, 1.54) is 31.4 Å². The number of amides is 2. The van der Waals surface area contributed by atoms with E-state index in [0.29, 0.717) is 37.3 Å². The van der Waals surface area contributed by atoms with Gasteiger partial charge in [-0.1, -0.05) is 45.2 Å². The SMILES string of the molecule is COc1cc(/C=C2\SC(=O)N(CCOc3ccc(F)cc3)C2=O)c(Br)cc1OCc1ccc(Cl)cc1Cl. The average Bonchev–Trinajstić information content (AvgIpc) is 3.13. The van der Waals surface area contributed by atoms with Gasteiger partial charge in [-0.25, -0.2) is 4.39 Å². The normalized spacial score (nSPS) is 14.4. The quantitative estimate of drug-likeness (QED) is 0.228. The summed E-state index contributed by atoms with van der Waals surface area (Å²) in [5, 5.41) is 0.617. The minimum Gasteiger partial charge on any atom is -0.493 e. The van der Waals surface area contributed by atoms with Crippen LogP contribution < -0.4 is 14.2 Å². The molecule has 4 rings (SSSR count). The lowest BCUT2D eigenvalue weighted by molar-refractivity contribution is -0.123. The summed E-state index contributed by atoms with van der Waals surface area (Å²) in [6.45, 7) is 0.332. The lowest BCUT2D eigenvalue weighted by Crippen LogP contribution is -2.32. The molecule has 0 atom stereocenters. The van der Waals surface area contributed by atoms with Crippen LogP contribution in [0.3, 0.4) is 0 Å². The Labute approximate surface area is 235 Å². The van der Waals surface area contributed by atoms with Gasteiger partial charge in [0.25, 0.3) is 11.1 Å². The molecule has 0 aromatic heterocycles. The van der Waals surface area contributed by atoms with E-state index in [0.717, 1.165) is 22.2 Å². The highest BCUT2D eigenvalue weighted by Gasteiger charge is 2.35. The molecule has 2 amide bonds. The van der Waals surface area contributed by atoms with Gasteiger partial charge in [-0.2, -0.15) is 0 Å². The number of rotatable bonds is 9. The van der Waals surface area contributed by atoms with Crippen LogP contribution in [0.5, 0.6) is 17.2 Å². The molecule has 1 fully saturated rings. The van der Waals surface area contributed by atoms with Crippen molar-refractivity contribution < 1.29 is 28.2 Å². The van der Waals surface area contributed by atoms with Crippen LogP contribution in [0.2, 0.25) is 10.0 Å². The standard InChI is InChI=1S/C26H19BrCl2FNO5S/c1-34-22-10-16(20(27)13-23(22)36-14-15-2-3-17(28)12-21(15)29)11-24-25(32)31(26(33)37-24)8-9-35-19-6-4-18(30)5-7-19/h2-7,10-13H,8-9,14H2,1H3/b24-11-. The number of nitrogens with zero attached hydrogens (tertiary/aromatic N) is 1. The Balaban J connectivity index is 1.44. The second-order valence-electron chi connectivity index (χ2n) is 7.68. The molecule has 37 heavy (non-hydrogen) atoms. The van der Waals surface area contributed by atoms with Gasteiger partial charge in [0.2, 0.25) is 0 Å². The largest absolute Gasteiger partial charge is 0.493 e.